The van der Waals surface area contributed by atoms with Gasteiger partial charge in [-0.05, 0) is 72.5 Å². The molecule has 5 rings (SSSR count). The lowest BCUT2D eigenvalue weighted by molar-refractivity contribution is -0.140. The van der Waals surface area contributed by atoms with Gasteiger partial charge in [-0.3, -0.25) is 13.9 Å². The van der Waals surface area contributed by atoms with Crippen LogP contribution < -0.4 is 14.4 Å². The van der Waals surface area contributed by atoms with E-state index in [0.717, 1.165) is 48.2 Å². The summed E-state index contributed by atoms with van der Waals surface area (Å²) < 4.78 is 33.3. The molecule has 252 valence electrons. The predicted molar refractivity (Wildman–Crippen MR) is 191 cm³/mol. The van der Waals surface area contributed by atoms with Crippen molar-refractivity contribution >= 4 is 50.7 Å². The molecule has 48 heavy (non-hydrogen) atoms. The fourth-order valence-electron chi connectivity index (χ4n) is 5.85. The van der Waals surface area contributed by atoms with E-state index in [1.54, 1.807) is 42.5 Å². The van der Waals surface area contributed by atoms with Crippen LogP contribution in [-0.2, 0) is 32.6 Å². The van der Waals surface area contributed by atoms with Gasteiger partial charge in [0, 0.05) is 29.1 Å². The monoisotopic (exact) mass is 707 g/mol. The Labute approximate surface area is 292 Å². The van der Waals surface area contributed by atoms with Gasteiger partial charge >= 0.3 is 0 Å². The molecule has 1 N–H and O–H groups in total. The van der Waals surface area contributed by atoms with E-state index in [-0.39, 0.29) is 30.6 Å². The van der Waals surface area contributed by atoms with Crippen molar-refractivity contribution in [3.05, 3.63) is 124 Å². The number of sulfonamides is 1. The Hall–Kier alpha value is -4.05. The maximum atomic E-state index is 14.4. The molecular weight excluding hydrogens is 669 g/mol. The molecule has 0 unspecified atom stereocenters. The SMILES string of the molecule is CS(=O)(=O)N(CC(=O)N(Cc1ccc(Cl)cc1Cl)[C@H](Cc1ccccc1)C(=O)NC1CCCCC1)c1ccc(Oc2ccccc2)cc1. The van der Waals surface area contributed by atoms with Crippen molar-refractivity contribution in [2.24, 2.45) is 0 Å². The lowest BCUT2D eigenvalue weighted by atomic mass is 9.94. The molecular formula is C37H39Cl2N3O5S. The summed E-state index contributed by atoms with van der Waals surface area (Å²) in [6, 6.07) is 29.1. The van der Waals surface area contributed by atoms with Crippen LogP contribution in [0.15, 0.2) is 103 Å². The van der Waals surface area contributed by atoms with E-state index < -0.39 is 28.5 Å². The van der Waals surface area contributed by atoms with E-state index in [1.165, 1.54) is 4.90 Å². The maximum Gasteiger partial charge on any atom is 0.244 e. The Balaban J connectivity index is 1.48. The van der Waals surface area contributed by atoms with Gasteiger partial charge < -0.3 is 15.0 Å². The molecule has 0 spiro atoms. The predicted octanol–water partition coefficient (Wildman–Crippen LogP) is 7.64. The standard InChI is InChI=1S/C37H39Cl2N3O5S/c1-48(45,46)42(31-19-21-33(22-20-31)47-32-15-9-4-10-16-32)26-36(43)41(25-28-17-18-29(38)24-34(28)39)35(23-27-11-5-2-6-12-27)37(44)40-30-13-7-3-8-14-30/h2,4-6,9-12,15-22,24,30,35H,3,7-8,13-14,23,25-26H2,1H3,(H,40,44)/t35-/m1/s1. The van der Waals surface area contributed by atoms with Gasteiger partial charge in [0.25, 0.3) is 0 Å². The Morgan fingerprint density at radius 1 is 0.854 bits per heavy atom. The molecule has 4 aromatic carbocycles. The number of amides is 2. The van der Waals surface area contributed by atoms with Gasteiger partial charge in [0.1, 0.15) is 24.1 Å². The highest BCUT2D eigenvalue weighted by Gasteiger charge is 2.34. The zero-order valence-electron chi connectivity index (χ0n) is 26.7. The first kappa shape index (κ1) is 35.3. The number of hydrogen-bond donors (Lipinski definition) is 1. The summed E-state index contributed by atoms with van der Waals surface area (Å²) in [4.78, 5) is 30.0. The number of benzene rings is 4. The molecule has 1 aliphatic rings. The fraction of sp³-hybridized carbons (Fsp3) is 0.297. The number of carbonyl (C=O) groups is 2. The third-order valence-electron chi connectivity index (χ3n) is 8.36. The van der Waals surface area contributed by atoms with Crippen molar-refractivity contribution < 1.29 is 22.7 Å². The smallest absolute Gasteiger partial charge is 0.244 e. The zero-order chi connectivity index (χ0) is 34.1. The number of nitrogens with one attached hydrogen (secondary N) is 1. The molecule has 1 atom stereocenters. The van der Waals surface area contributed by atoms with Crippen molar-refractivity contribution in [3.8, 4) is 11.5 Å². The van der Waals surface area contributed by atoms with Crippen molar-refractivity contribution in [2.45, 2.75) is 57.2 Å². The molecule has 1 fully saturated rings. The summed E-state index contributed by atoms with van der Waals surface area (Å²) in [5.41, 5.74) is 1.71. The van der Waals surface area contributed by atoms with Gasteiger partial charge in [0.05, 0.1) is 11.9 Å². The Bertz CT molecular complexity index is 1790. The van der Waals surface area contributed by atoms with Crippen LogP contribution in [-0.4, -0.2) is 50.0 Å². The van der Waals surface area contributed by atoms with Gasteiger partial charge in [0.15, 0.2) is 0 Å². The highest BCUT2D eigenvalue weighted by atomic mass is 35.5. The Kier molecular flexibility index (Phi) is 12.0. The number of carbonyl (C=O) groups excluding carboxylic acids is 2. The fourth-order valence-corrected chi connectivity index (χ4v) is 7.17. The van der Waals surface area contributed by atoms with Gasteiger partial charge in [-0.15, -0.1) is 0 Å². The van der Waals surface area contributed by atoms with E-state index >= 15 is 0 Å². The molecule has 1 aliphatic carbocycles. The second-order valence-corrected chi connectivity index (χ2v) is 14.7. The van der Waals surface area contributed by atoms with Crippen LogP contribution in [0.1, 0.15) is 43.2 Å². The van der Waals surface area contributed by atoms with E-state index in [0.29, 0.717) is 27.1 Å². The van der Waals surface area contributed by atoms with Crippen LogP contribution in [0.25, 0.3) is 0 Å². The van der Waals surface area contributed by atoms with Gasteiger partial charge in [0.2, 0.25) is 21.8 Å². The molecule has 0 saturated heterocycles. The summed E-state index contributed by atoms with van der Waals surface area (Å²) in [6.45, 7) is -0.573. The zero-order valence-corrected chi connectivity index (χ0v) is 29.1. The highest BCUT2D eigenvalue weighted by molar-refractivity contribution is 7.92. The number of halogens is 2. The van der Waals surface area contributed by atoms with Crippen LogP contribution in [0.3, 0.4) is 0 Å². The molecule has 2 amide bonds. The molecule has 8 nitrogen and oxygen atoms in total. The number of hydrogen-bond acceptors (Lipinski definition) is 5. The highest BCUT2D eigenvalue weighted by Crippen LogP contribution is 2.28. The molecule has 1 saturated carbocycles. The summed E-state index contributed by atoms with van der Waals surface area (Å²) in [5, 5.41) is 3.96. The Morgan fingerprint density at radius 3 is 2.10 bits per heavy atom. The first-order valence-electron chi connectivity index (χ1n) is 16.0. The quantitative estimate of drug-likeness (QED) is 0.154. The van der Waals surface area contributed by atoms with Crippen LogP contribution in [0.2, 0.25) is 10.0 Å². The number of nitrogens with zero attached hydrogens (tertiary/aromatic N) is 2. The van der Waals surface area contributed by atoms with Crippen LogP contribution in [0, 0.1) is 0 Å². The Morgan fingerprint density at radius 2 is 1.48 bits per heavy atom. The average Bonchev–Trinajstić information content (AvgIpc) is 3.07. The molecule has 0 heterocycles. The minimum absolute atomic E-state index is 0.00438. The molecule has 0 radical (unpaired) electrons. The molecule has 4 aromatic rings. The minimum Gasteiger partial charge on any atom is -0.457 e. The number of anilines is 1. The van der Waals surface area contributed by atoms with Crippen LogP contribution in [0.4, 0.5) is 5.69 Å². The number of rotatable bonds is 13. The summed E-state index contributed by atoms with van der Waals surface area (Å²) in [7, 11) is -3.93. The van der Waals surface area contributed by atoms with Gasteiger partial charge in [-0.1, -0.05) is 97.1 Å². The van der Waals surface area contributed by atoms with Crippen LogP contribution >= 0.6 is 23.2 Å². The first-order valence-corrected chi connectivity index (χ1v) is 18.6. The second-order valence-electron chi connectivity index (χ2n) is 12.0. The largest absolute Gasteiger partial charge is 0.457 e. The molecule has 0 bridgehead atoms. The van der Waals surface area contributed by atoms with E-state index in [9.17, 15) is 18.0 Å². The average molecular weight is 709 g/mol. The minimum atomic E-state index is -3.93. The van der Waals surface area contributed by atoms with Gasteiger partial charge in [-0.2, -0.15) is 0 Å². The van der Waals surface area contributed by atoms with Crippen LogP contribution in [0.5, 0.6) is 11.5 Å². The first-order chi connectivity index (χ1) is 23.1. The summed E-state index contributed by atoms with van der Waals surface area (Å²) in [5.74, 6) is 0.284. The third kappa shape index (κ3) is 9.75. The molecule has 11 heteroatoms. The van der Waals surface area contributed by atoms with Crippen molar-refractivity contribution in [2.75, 3.05) is 17.1 Å². The van der Waals surface area contributed by atoms with Crippen molar-refractivity contribution in [3.63, 3.8) is 0 Å². The second kappa shape index (κ2) is 16.4. The van der Waals surface area contributed by atoms with Crippen molar-refractivity contribution in [1.29, 1.82) is 0 Å². The van der Waals surface area contributed by atoms with Crippen molar-refractivity contribution in [1.82, 2.24) is 10.2 Å². The van der Waals surface area contributed by atoms with E-state index in [1.807, 2.05) is 60.7 Å². The lowest BCUT2D eigenvalue weighted by Gasteiger charge is -2.35. The van der Waals surface area contributed by atoms with E-state index in [2.05, 4.69) is 5.32 Å². The normalized spacial score (nSPS) is 14.1. The molecule has 0 aliphatic heterocycles. The summed E-state index contributed by atoms with van der Waals surface area (Å²) in [6.07, 6.45) is 6.18. The third-order valence-corrected chi connectivity index (χ3v) is 10.1. The van der Waals surface area contributed by atoms with Gasteiger partial charge in [-0.25, -0.2) is 8.42 Å². The maximum absolute atomic E-state index is 14.4. The lowest BCUT2D eigenvalue weighted by Crippen LogP contribution is -2.55. The number of para-hydroxylation sites is 1. The topological polar surface area (TPSA) is 96.0 Å². The summed E-state index contributed by atoms with van der Waals surface area (Å²) >= 11 is 12.8. The number of ether oxygens (including phenoxy) is 1. The molecule has 0 aromatic heterocycles. The van der Waals surface area contributed by atoms with E-state index in [4.69, 9.17) is 27.9 Å².